The van der Waals surface area contributed by atoms with Gasteiger partial charge in [0.05, 0.1) is 12.5 Å². The number of hydrogen-bond acceptors (Lipinski definition) is 5. The number of carbonyl (C=O) groups excluding carboxylic acids is 2. The van der Waals surface area contributed by atoms with Crippen molar-refractivity contribution in [1.82, 2.24) is 4.98 Å². The molecule has 0 aliphatic heterocycles. The standard InChI is InChI=1S/C17H18BrN3O3/c1-11-7-15(20-9-13(11)18)21-17(23)14(19)8-16(22)24-10-12-5-3-2-4-6-12/h2-7,9,14H,8,10,19H2,1H3,(H,20,21,23)/t14-/m0/s1. The van der Waals surface area contributed by atoms with Gasteiger partial charge in [0, 0.05) is 10.7 Å². The van der Waals surface area contributed by atoms with E-state index in [-0.39, 0.29) is 13.0 Å². The predicted molar refractivity (Wildman–Crippen MR) is 94.1 cm³/mol. The summed E-state index contributed by atoms with van der Waals surface area (Å²) in [5.41, 5.74) is 7.55. The fourth-order valence-corrected chi connectivity index (χ4v) is 2.11. The zero-order chi connectivity index (χ0) is 17.5. The van der Waals surface area contributed by atoms with Crippen LogP contribution in [0.2, 0.25) is 0 Å². The number of carbonyl (C=O) groups is 2. The highest BCUT2D eigenvalue weighted by Gasteiger charge is 2.19. The average Bonchev–Trinajstić information content (AvgIpc) is 2.57. The van der Waals surface area contributed by atoms with Gasteiger partial charge in [0.25, 0.3) is 0 Å². The van der Waals surface area contributed by atoms with E-state index < -0.39 is 17.9 Å². The third-order valence-corrected chi connectivity index (χ3v) is 4.09. The van der Waals surface area contributed by atoms with Crippen LogP contribution in [0.25, 0.3) is 0 Å². The first-order valence-electron chi connectivity index (χ1n) is 7.34. The average molecular weight is 392 g/mol. The van der Waals surface area contributed by atoms with Gasteiger partial charge >= 0.3 is 5.97 Å². The number of benzene rings is 1. The fourth-order valence-electron chi connectivity index (χ4n) is 1.90. The summed E-state index contributed by atoms with van der Waals surface area (Å²) < 4.78 is 5.96. The largest absolute Gasteiger partial charge is 0.461 e. The molecule has 1 aromatic heterocycles. The zero-order valence-corrected chi connectivity index (χ0v) is 14.7. The molecule has 2 rings (SSSR count). The predicted octanol–water partition coefficient (Wildman–Crippen LogP) is 2.55. The van der Waals surface area contributed by atoms with Crippen molar-refractivity contribution >= 4 is 33.6 Å². The minimum atomic E-state index is -1.00. The SMILES string of the molecule is Cc1cc(NC(=O)[C@@H](N)CC(=O)OCc2ccccc2)ncc1Br. The number of nitrogens with one attached hydrogen (secondary N) is 1. The van der Waals surface area contributed by atoms with Gasteiger partial charge in [-0.05, 0) is 40.0 Å². The van der Waals surface area contributed by atoms with Gasteiger partial charge in [-0.3, -0.25) is 9.59 Å². The summed E-state index contributed by atoms with van der Waals surface area (Å²) >= 11 is 3.33. The maximum atomic E-state index is 12.0. The van der Waals surface area contributed by atoms with Gasteiger partial charge in [0.1, 0.15) is 12.4 Å². The van der Waals surface area contributed by atoms with Crippen LogP contribution < -0.4 is 11.1 Å². The van der Waals surface area contributed by atoms with Crippen LogP contribution in [0.5, 0.6) is 0 Å². The normalized spacial score (nSPS) is 11.6. The van der Waals surface area contributed by atoms with Crippen LogP contribution in [0.15, 0.2) is 47.1 Å². The second kappa shape index (κ2) is 8.56. The van der Waals surface area contributed by atoms with Crippen LogP contribution in [0.1, 0.15) is 17.5 Å². The molecule has 0 bridgehead atoms. The highest BCUT2D eigenvalue weighted by molar-refractivity contribution is 9.10. The van der Waals surface area contributed by atoms with Crippen LogP contribution in [0, 0.1) is 6.92 Å². The van der Waals surface area contributed by atoms with E-state index in [1.807, 2.05) is 37.3 Å². The molecule has 0 radical (unpaired) electrons. The number of rotatable bonds is 6. The Labute approximate surface area is 148 Å². The number of amides is 1. The lowest BCUT2D eigenvalue weighted by Crippen LogP contribution is -2.38. The van der Waals surface area contributed by atoms with E-state index in [1.165, 1.54) is 0 Å². The Hall–Kier alpha value is -2.25. The Morgan fingerprint density at radius 1 is 1.33 bits per heavy atom. The van der Waals surface area contributed by atoms with Gasteiger partial charge < -0.3 is 15.8 Å². The van der Waals surface area contributed by atoms with Crippen LogP contribution in [-0.2, 0) is 20.9 Å². The Bertz CT molecular complexity index is 722. The number of aryl methyl sites for hydroxylation is 1. The van der Waals surface area contributed by atoms with E-state index in [1.54, 1.807) is 12.3 Å². The quantitative estimate of drug-likeness (QED) is 0.737. The number of esters is 1. The molecule has 1 heterocycles. The molecule has 0 unspecified atom stereocenters. The Balaban J connectivity index is 1.82. The summed E-state index contributed by atoms with van der Waals surface area (Å²) in [7, 11) is 0. The molecular weight excluding hydrogens is 374 g/mol. The number of nitrogens with zero attached hydrogens (tertiary/aromatic N) is 1. The topological polar surface area (TPSA) is 94.3 Å². The zero-order valence-electron chi connectivity index (χ0n) is 13.2. The Kier molecular flexibility index (Phi) is 6.45. The summed E-state index contributed by atoms with van der Waals surface area (Å²) in [4.78, 5) is 27.9. The molecule has 0 spiro atoms. The molecule has 3 N–H and O–H groups in total. The number of ether oxygens (including phenoxy) is 1. The number of nitrogens with two attached hydrogens (primary N) is 1. The first-order chi connectivity index (χ1) is 11.5. The highest BCUT2D eigenvalue weighted by atomic mass is 79.9. The third kappa shape index (κ3) is 5.43. The number of hydrogen-bond donors (Lipinski definition) is 2. The van der Waals surface area contributed by atoms with Crippen molar-refractivity contribution in [3.63, 3.8) is 0 Å². The molecule has 1 amide bonds. The van der Waals surface area contributed by atoms with Gasteiger partial charge in [-0.1, -0.05) is 30.3 Å². The molecule has 0 aliphatic rings. The number of halogens is 1. The molecule has 126 valence electrons. The van der Waals surface area contributed by atoms with Gasteiger partial charge in [-0.15, -0.1) is 0 Å². The van der Waals surface area contributed by atoms with E-state index in [0.717, 1.165) is 15.6 Å². The Morgan fingerprint density at radius 3 is 2.71 bits per heavy atom. The van der Waals surface area contributed by atoms with Crippen molar-refractivity contribution in [2.75, 3.05) is 5.32 Å². The first-order valence-corrected chi connectivity index (χ1v) is 8.13. The van der Waals surface area contributed by atoms with Crippen LogP contribution in [0.4, 0.5) is 5.82 Å². The van der Waals surface area contributed by atoms with Crippen molar-refractivity contribution in [1.29, 1.82) is 0 Å². The summed E-state index contributed by atoms with van der Waals surface area (Å²) in [5.74, 6) is -0.629. The first kappa shape index (κ1) is 18.1. The summed E-state index contributed by atoms with van der Waals surface area (Å²) in [6.07, 6.45) is 1.39. The maximum Gasteiger partial charge on any atom is 0.308 e. The molecule has 2 aromatic rings. The molecule has 1 aromatic carbocycles. The van der Waals surface area contributed by atoms with E-state index in [0.29, 0.717) is 5.82 Å². The van der Waals surface area contributed by atoms with Gasteiger partial charge in [-0.2, -0.15) is 0 Å². The molecule has 0 fully saturated rings. The molecule has 24 heavy (non-hydrogen) atoms. The molecule has 0 aliphatic carbocycles. The minimum Gasteiger partial charge on any atom is -0.461 e. The minimum absolute atomic E-state index is 0.154. The summed E-state index contributed by atoms with van der Waals surface area (Å²) in [6.45, 7) is 2.03. The fraction of sp³-hybridized carbons (Fsp3) is 0.235. The molecule has 6 nitrogen and oxygen atoms in total. The molecule has 1 atom stereocenters. The number of pyridine rings is 1. The lowest BCUT2D eigenvalue weighted by atomic mass is 10.2. The van der Waals surface area contributed by atoms with Crippen molar-refractivity contribution < 1.29 is 14.3 Å². The van der Waals surface area contributed by atoms with E-state index in [9.17, 15) is 9.59 Å². The lowest BCUT2D eigenvalue weighted by molar-refractivity contribution is -0.146. The van der Waals surface area contributed by atoms with Crippen molar-refractivity contribution in [3.05, 3.63) is 58.2 Å². The van der Waals surface area contributed by atoms with Crippen molar-refractivity contribution in [2.45, 2.75) is 26.0 Å². The second-order valence-corrected chi connectivity index (χ2v) is 6.12. The third-order valence-electron chi connectivity index (χ3n) is 3.26. The van der Waals surface area contributed by atoms with E-state index in [4.69, 9.17) is 10.5 Å². The van der Waals surface area contributed by atoms with Crippen LogP contribution in [-0.4, -0.2) is 22.9 Å². The smallest absolute Gasteiger partial charge is 0.308 e. The molecule has 0 saturated carbocycles. The van der Waals surface area contributed by atoms with Gasteiger partial charge in [-0.25, -0.2) is 4.98 Å². The van der Waals surface area contributed by atoms with Crippen LogP contribution in [0.3, 0.4) is 0 Å². The number of aromatic nitrogens is 1. The monoisotopic (exact) mass is 391 g/mol. The number of anilines is 1. The van der Waals surface area contributed by atoms with Crippen molar-refractivity contribution in [3.8, 4) is 0 Å². The Morgan fingerprint density at radius 2 is 2.04 bits per heavy atom. The highest BCUT2D eigenvalue weighted by Crippen LogP contribution is 2.17. The van der Waals surface area contributed by atoms with E-state index in [2.05, 4.69) is 26.2 Å². The summed E-state index contributed by atoms with van der Waals surface area (Å²) in [6, 6.07) is 10.00. The maximum absolute atomic E-state index is 12.0. The molecule has 7 heteroatoms. The van der Waals surface area contributed by atoms with Crippen LogP contribution >= 0.6 is 15.9 Å². The molecule has 0 saturated heterocycles. The van der Waals surface area contributed by atoms with E-state index >= 15 is 0 Å². The molecular formula is C17H18BrN3O3. The summed E-state index contributed by atoms with van der Waals surface area (Å²) in [5, 5.41) is 2.59. The van der Waals surface area contributed by atoms with Gasteiger partial charge in [0.2, 0.25) is 5.91 Å². The van der Waals surface area contributed by atoms with Gasteiger partial charge in [0.15, 0.2) is 0 Å². The lowest BCUT2D eigenvalue weighted by Gasteiger charge is -2.12. The second-order valence-electron chi connectivity index (χ2n) is 5.26. The van der Waals surface area contributed by atoms with Crippen molar-refractivity contribution in [2.24, 2.45) is 5.73 Å².